The van der Waals surface area contributed by atoms with Crippen LogP contribution in [0, 0.1) is 13.8 Å². The van der Waals surface area contributed by atoms with E-state index in [0.29, 0.717) is 6.61 Å². The van der Waals surface area contributed by atoms with Gasteiger partial charge in [-0.05, 0) is 46.9 Å². The SMILES string of the molecule is Cc1cccc(C)c1OCc1cc(C(C)(C)C)cc(C(C)(C)C)c1Br. The summed E-state index contributed by atoms with van der Waals surface area (Å²) in [6.45, 7) is 18.3. The van der Waals surface area contributed by atoms with Gasteiger partial charge in [0.2, 0.25) is 0 Å². The predicted molar refractivity (Wildman–Crippen MR) is 112 cm³/mol. The Morgan fingerprint density at radius 2 is 1.44 bits per heavy atom. The molecule has 0 aliphatic heterocycles. The minimum Gasteiger partial charge on any atom is -0.488 e. The summed E-state index contributed by atoms with van der Waals surface area (Å²) >= 11 is 3.85. The Kier molecular flexibility index (Phi) is 5.73. The van der Waals surface area contributed by atoms with Gasteiger partial charge in [0.05, 0.1) is 0 Å². The Balaban J connectivity index is 2.46. The summed E-state index contributed by atoms with van der Waals surface area (Å²) in [6.07, 6.45) is 0. The van der Waals surface area contributed by atoms with Gasteiger partial charge in [-0.2, -0.15) is 0 Å². The summed E-state index contributed by atoms with van der Waals surface area (Å²) in [4.78, 5) is 0. The van der Waals surface area contributed by atoms with E-state index in [1.807, 2.05) is 0 Å². The Hall–Kier alpha value is -1.28. The molecule has 2 heteroatoms. The van der Waals surface area contributed by atoms with Crippen molar-refractivity contribution in [1.82, 2.24) is 0 Å². The maximum absolute atomic E-state index is 6.24. The van der Waals surface area contributed by atoms with Crippen molar-refractivity contribution in [3.63, 3.8) is 0 Å². The molecule has 0 saturated carbocycles. The first-order chi connectivity index (χ1) is 11.4. The van der Waals surface area contributed by atoms with Gasteiger partial charge in [-0.15, -0.1) is 0 Å². The molecular formula is C23H31BrO. The maximum atomic E-state index is 6.24. The fourth-order valence-corrected chi connectivity index (χ4v) is 3.88. The molecule has 0 aliphatic rings. The number of para-hydroxylation sites is 1. The Morgan fingerprint density at radius 1 is 0.880 bits per heavy atom. The van der Waals surface area contributed by atoms with Gasteiger partial charge < -0.3 is 4.74 Å². The molecule has 0 atom stereocenters. The quantitative estimate of drug-likeness (QED) is 0.525. The Bertz CT molecular complexity index is 741. The second kappa shape index (κ2) is 7.15. The van der Waals surface area contributed by atoms with Crippen molar-refractivity contribution < 1.29 is 4.74 Å². The molecule has 0 unspecified atom stereocenters. The zero-order chi connectivity index (χ0) is 19.0. The van der Waals surface area contributed by atoms with E-state index in [4.69, 9.17) is 4.74 Å². The normalized spacial score (nSPS) is 12.4. The summed E-state index contributed by atoms with van der Waals surface area (Å²) in [5, 5.41) is 0. The highest BCUT2D eigenvalue weighted by atomic mass is 79.9. The highest BCUT2D eigenvalue weighted by Gasteiger charge is 2.24. The average molecular weight is 403 g/mol. The van der Waals surface area contributed by atoms with E-state index < -0.39 is 0 Å². The highest BCUT2D eigenvalue weighted by Crippen LogP contribution is 2.37. The summed E-state index contributed by atoms with van der Waals surface area (Å²) in [6, 6.07) is 10.9. The minimum absolute atomic E-state index is 0.0768. The molecule has 2 rings (SSSR count). The first kappa shape index (κ1) is 20.0. The summed E-state index contributed by atoms with van der Waals surface area (Å²) < 4.78 is 7.41. The molecule has 2 aromatic carbocycles. The molecule has 0 heterocycles. The van der Waals surface area contributed by atoms with Crippen LogP contribution in [0.1, 0.15) is 69.4 Å². The summed E-state index contributed by atoms with van der Waals surface area (Å²) in [7, 11) is 0. The molecule has 136 valence electrons. The van der Waals surface area contributed by atoms with E-state index in [0.717, 1.165) is 5.75 Å². The topological polar surface area (TPSA) is 9.23 Å². The molecule has 0 saturated heterocycles. The predicted octanol–water partition coefficient (Wildman–Crippen LogP) is 7.24. The molecule has 0 bridgehead atoms. The molecule has 0 aliphatic carbocycles. The number of halogens is 1. The highest BCUT2D eigenvalue weighted by molar-refractivity contribution is 9.10. The molecule has 25 heavy (non-hydrogen) atoms. The number of ether oxygens (including phenoxy) is 1. The molecular weight excluding hydrogens is 372 g/mol. The fourth-order valence-electron chi connectivity index (χ4n) is 2.95. The summed E-state index contributed by atoms with van der Waals surface area (Å²) in [5.41, 5.74) is 6.43. The van der Waals surface area contributed by atoms with Crippen molar-refractivity contribution >= 4 is 15.9 Å². The molecule has 0 fully saturated rings. The third-order valence-corrected chi connectivity index (χ3v) is 5.54. The fraction of sp³-hybridized carbons (Fsp3) is 0.478. The van der Waals surface area contributed by atoms with Crippen LogP contribution in [0.5, 0.6) is 5.75 Å². The average Bonchev–Trinajstić information content (AvgIpc) is 2.45. The van der Waals surface area contributed by atoms with Crippen LogP contribution in [0.25, 0.3) is 0 Å². The van der Waals surface area contributed by atoms with E-state index in [2.05, 4.69) is 102 Å². The Labute approximate surface area is 161 Å². The van der Waals surface area contributed by atoms with Crippen LogP contribution in [0.4, 0.5) is 0 Å². The van der Waals surface area contributed by atoms with Crippen molar-refractivity contribution in [3.8, 4) is 5.75 Å². The largest absolute Gasteiger partial charge is 0.488 e. The second-order valence-corrected chi connectivity index (χ2v) is 9.80. The molecule has 0 N–H and O–H groups in total. The lowest BCUT2D eigenvalue weighted by molar-refractivity contribution is 0.300. The number of rotatable bonds is 3. The lowest BCUT2D eigenvalue weighted by Gasteiger charge is -2.28. The first-order valence-corrected chi connectivity index (χ1v) is 9.73. The second-order valence-electron chi connectivity index (χ2n) is 9.01. The van der Waals surface area contributed by atoms with Crippen LogP contribution < -0.4 is 4.74 Å². The third kappa shape index (κ3) is 4.67. The standard InChI is InChI=1S/C23H31BrO/c1-15-10-9-11-16(2)21(15)25-14-17-12-18(22(3,4)5)13-19(20(17)24)23(6,7)8/h9-13H,14H2,1-8H3. The van der Waals surface area contributed by atoms with E-state index >= 15 is 0 Å². The van der Waals surface area contributed by atoms with E-state index in [1.54, 1.807) is 0 Å². The molecule has 0 radical (unpaired) electrons. The third-order valence-electron chi connectivity index (χ3n) is 4.60. The van der Waals surface area contributed by atoms with Crippen LogP contribution >= 0.6 is 15.9 Å². The molecule has 1 nitrogen and oxygen atoms in total. The zero-order valence-electron chi connectivity index (χ0n) is 16.9. The smallest absolute Gasteiger partial charge is 0.125 e. The van der Waals surface area contributed by atoms with Gasteiger partial charge in [-0.1, -0.05) is 87.8 Å². The van der Waals surface area contributed by atoms with Gasteiger partial charge in [-0.3, -0.25) is 0 Å². The van der Waals surface area contributed by atoms with Gasteiger partial charge >= 0.3 is 0 Å². The lowest BCUT2D eigenvalue weighted by Crippen LogP contribution is -2.18. The van der Waals surface area contributed by atoms with E-state index in [-0.39, 0.29) is 10.8 Å². The van der Waals surface area contributed by atoms with E-state index in [1.165, 1.54) is 32.3 Å². The van der Waals surface area contributed by atoms with Crippen molar-refractivity contribution in [2.75, 3.05) is 0 Å². The number of aryl methyl sites for hydroxylation is 2. The Morgan fingerprint density at radius 3 is 1.92 bits per heavy atom. The van der Waals surface area contributed by atoms with Gasteiger partial charge in [0.1, 0.15) is 12.4 Å². The number of hydrogen-bond donors (Lipinski definition) is 0. The van der Waals surface area contributed by atoms with Crippen LogP contribution in [-0.4, -0.2) is 0 Å². The molecule has 0 aromatic heterocycles. The molecule has 0 amide bonds. The van der Waals surface area contributed by atoms with Crippen LogP contribution in [0.2, 0.25) is 0 Å². The number of hydrogen-bond acceptors (Lipinski definition) is 1. The van der Waals surface area contributed by atoms with Gasteiger partial charge in [0.25, 0.3) is 0 Å². The lowest BCUT2D eigenvalue weighted by atomic mass is 9.79. The van der Waals surface area contributed by atoms with Crippen molar-refractivity contribution in [2.24, 2.45) is 0 Å². The van der Waals surface area contributed by atoms with Crippen LogP contribution in [0.3, 0.4) is 0 Å². The van der Waals surface area contributed by atoms with Crippen molar-refractivity contribution in [3.05, 3.63) is 62.6 Å². The minimum atomic E-state index is 0.0768. The van der Waals surface area contributed by atoms with Crippen LogP contribution in [0.15, 0.2) is 34.8 Å². The van der Waals surface area contributed by atoms with Crippen molar-refractivity contribution in [1.29, 1.82) is 0 Å². The monoisotopic (exact) mass is 402 g/mol. The van der Waals surface area contributed by atoms with Crippen molar-refractivity contribution in [2.45, 2.75) is 72.8 Å². The maximum Gasteiger partial charge on any atom is 0.125 e. The first-order valence-electron chi connectivity index (χ1n) is 8.93. The van der Waals surface area contributed by atoms with Crippen LogP contribution in [-0.2, 0) is 17.4 Å². The number of benzene rings is 2. The van der Waals surface area contributed by atoms with Gasteiger partial charge in [0, 0.05) is 10.0 Å². The van der Waals surface area contributed by atoms with E-state index in [9.17, 15) is 0 Å². The summed E-state index contributed by atoms with van der Waals surface area (Å²) in [5.74, 6) is 0.993. The van der Waals surface area contributed by atoms with Gasteiger partial charge in [0.15, 0.2) is 0 Å². The zero-order valence-corrected chi connectivity index (χ0v) is 18.5. The molecule has 2 aromatic rings. The molecule has 0 spiro atoms. The van der Waals surface area contributed by atoms with Gasteiger partial charge in [-0.25, -0.2) is 0 Å².